The molecule has 5 nitrogen and oxygen atoms in total. The van der Waals surface area contributed by atoms with Crippen LogP contribution in [0.2, 0.25) is 0 Å². The van der Waals surface area contributed by atoms with Crippen LogP contribution in [0.15, 0.2) is 0 Å². The largest absolute Gasteiger partial charge is 0.300 e. The number of nitrogens with zero attached hydrogens (tertiary/aromatic N) is 1. The molecule has 0 rings (SSSR count). The van der Waals surface area contributed by atoms with Crippen molar-refractivity contribution >= 4 is 11.6 Å². The van der Waals surface area contributed by atoms with Crippen molar-refractivity contribution in [1.82, 2.24) is 0 Å². The molecule has 0 amide bonds. The van der Waals surface area contributed by atoms with E-state index in [4.69, 9.17) is 0 Å². The number of carbonyl (C=O) groups is 2. The van der Waals surface area contributed by atoms with E-state index in [9.17, 15) is 19.7 Å². The molecular weight excluding hydrogens is 210 g/mol. The van der Waals surface area contributed by atoms with Crippen LogP contribution in [0.1, 0.15) is 52.9 Å². The molecule has 0 radical (unpaired) electrons. The number of ketones is 2. The molecule has 16 heavy (non-hydrogen) atoms. The van der Waals surface area contributed by atoms with Crippen LogP contribution >= 0.6 is 0 Å². The second-order valence-electron chi connectivity index (χ2n) is 4.24. The Hall–Kier alpha value is -1.26. The minimum absolute atomic E-state index is 0.0532. The van der Waals surface area contributed by atoms with Gasteiger partial charge in [0.25, 0.3) is 0 Å². The quantitative estimate of drug-likeness (QED) is 0.472. The van der Waals surface area contributed by atoms with Gasteiger partial charge in [0.05, 0.1) is 0 Å². The van der Waals surface area contributed by atoms with E-state index in [0.29, 0.717) is 6.42 Å². The van der Waals surface area contributed by atoms with Gasteiger partial charge in [-0.05, 0) is 13.8 Å². The van der Waals surface area contributed by atoms with Crippen LogP contribution in [-0.2, 0) is 9.59 Å². The lowest BCUT2D eigenvalue weighted by Crippen LogP contribution is -2.38. The van der Waals surface area contributed by atoms with E-state index in [2.05, 4.69) is 0 Å². The highest BCUT2D eigenvalue weighted by molar-refractivity contribution is 5.76. The number of rotatable bonds is 8. The average Bonchev–Trinajstić information content (AvgIpc) is 2.17. The van der Waals surface area contributed by atoms with Gasteiger partial charge in [-0.1, -0.05) is 6.92 Å². The summed E-state index contributed by atoms with van der Waals surface area (Å²) in [5.41, 5.74) is -1.11. The molecular formula is C11H19NO4. The topological polar surface area (TPSA) is 77.3 Å². The molecule has 0 aromatic heterocycles. The van der Waals surface area contributed by atoms with E-state index in [1.165, 1.54) is 13.8 Å². The Balaban J connectivity index is 4.64. The van der Waals surface area contributed by atoms with Gasteiger partial charge in [0.1, 0.15) is 11.6 Å². The van der Waals surface area contributed by atoms with E-state index in [0.717, 1.165) is 0 Å². The van der Waals surface area contributed by atoms with Gasteiger partial charge < -0.3 is 9.59 Å². The van der Waals surface area contributed by atoms with E-state index in [1.54, 1.807) is 6.92 Å². The Morgan fingerprint density at radius 1 is 1.12 bits per heavy atom. The van der Waals surface area contributed by atoms with Crippen molar-refractivity contribution in [1.29, 1.82) is 0 Å². The standard InChI is InChI=1S/C11H19NO4/c1-4-11(12(15)16,7-5-9(2)13)8-6-10(3)14/h4-8H2,1-3H3. The zero-order valence-electron chi connectivity index (χ0n) is 10.1. The molecule has 0 aromatic carbocycles. The molecule has 92 valence electrons. The number of nitro groups is 1. The lowest BCUT2D eigenvalue weighted by atomic mass is 9.85. The monoisotopic (exact) mass is 229 g/mol. The predicted octanol–water partition coefficient (Wildman–Crippen LogP) is 2.15. The van der Waals surface area contributed by atoms with Gasteiger partial charge in [-0.15, -0.1) is 0 Å². The molecule has 0 bridgehead atoms. The molecule has 0 aromatic rings. The molecule has 0 atom stereocenters. The summed E-state index contributed by atoms with van der Waals surface area (Å²) in [6.45, 7) is 4.57. The number of carbonyl (C=O) groups excluding carboxylic acids is 2. The molecule has 0 N–H and O–H groups in total. The summed E-state index contributed by atoms with van der Waals surface area (Å²) in [6.07, 6.45) is 1.19. The smallest absolute Gasteiger partial charge is 0.222 e. The summed E-state index contributed by atoms with van der Waals surface area (Å²) < 4.78 is 0. The third-order valence-corrected chi connectivity index (χ3v) is 2.93. The lowest BCUT2D eigenvalue weighted by molar-refractivity contribution is -0.573. The molecule has 0 unspecified atom stereocenters. The maximum Gasteiger partial charge on any atom is 0.222 e. The Bertz CT molecular complexity index is 268. The molecule has 0 spiro atoms. The Kier molecular flexibility index (Phi) is 5.85. The van der Waals surface area contributed by atoms with Gasteiger partial charge in [-0.25, -0.2) is 0 Å². The Morgan fingerprint density at radius 3 is 1.69 bits per heavy atom. The van der Waals surface area contributed by atoms with Crippen LogP contribution in [0.3, 0.4) is 0 Å². The van der Waals surface area contributed by atoms with Crippen LogP contribution in [0, 0.1) is 10.1 Å². The zero-order chi connectivity index (χ0) is 12.8. The van der Waals surface area contributed by atoms with Crippen molar-refractivity contribution in [3.05, 3.63) is 10.1 Å². The average molecular weight is 229 g/mol. The maximum absolute atomic E-state index is 11.1. The molecule has 0 saturated carbocycles. The third kappa shape index (κ3) is 4.51. The Morgan fingerprint density at radius 2 is 1.50 bits per heavy atom. The zero-order valence-corrected chi connectivity index (χ0v) is 10.1. The molecule has 0 aliphatic heterocycles. The highest BCUT2D eigenvalue weighted by Crippen LogP contribution is 2.27. The third-order valence-electron chi connectivity index (χ3n) is 2.93. The highest BCUT2D eigenvalue weighted by atomic mass is 16.6. The highest BCUT2D eigenvalue weighted by Gasteiger charge is 2.40. The van der Waals surface area contributed by atoms with Crippen molar-refractivity contribution in [2.75, 3.05) is 0 Å². The van der Waals surface area contributed by atoms with E-state index in [1.807, 2.05) is 0 Å². The van der Waals surface area contributed by atoms with E-state index in [-0.39, 0.29) is 42.2 Å². The second-order valence-corrected chi connectivity index (χ2v) is 4.24. The summed E-state index contributed by atoms with van der Waals surface area (Å²) in [5.74, 6) is -0.106. The first-order valence-electron chi connectivity index (χ1n) is 5.47. The van der Waals surface area contributed by atoms with Gasteiger partial charge in [0, 0.05) is 37.0 Å². The molecule has 0 heterocycles. The maximum atomic E-state index is 11.1. The molecule has 0 aliphatic rings. The molecule has 0 aliphatic carbocycles. The number of hydrogen-bond acceptors (Lipinski definition) is 4. The first-order chi connectivity index (χ1) is 7.34. The van der Waals surface area contributed by atoms with Crippen molar-refractivity contribution < 1.29 is 14.5 Å². The summed E-state index contributed by atoms with van der Waals surface area (Å²) in [4.78, 5) is 32.5. The van der Waals surface area contributed by atoms with Crippen LogP contribution in [0.25, 0.3) is 0 Å². The second kappa shape index (κ2) is 6.35. The minimum Gasteiger partial charge on any atom is -0.300 e. The summed E-state index contributed by atoms with van der Waals surface area (Å²) in [7, 11) is 0. The summed E-state index contributed by atoms with van der Waals surface area (Å²) >= 11 is 0. The normalized spacial score (nSPS) is 11.2. The fourth-order valence-electron chi connectivity index (χ4n) is 1.61. The van der Waals surface area contributed by atoms with Gasteiger partial charge in [0.2, 0.25) is 5.54 Å². The fraction of sp³-hybridized carbons (Fsp3) is 0.818. The summed E-state index contributed by atoms with van der Waals surface area (Å²) in [6, 6.07) is 0. The fourth-order valence-corrected chi connectivity index (χ4v) is 1.61. The Labute approximate surface area is 95.4 Å². The SMILES string of the molecule is CCC(CCC(C)=O)(CCC(C)=O)[N+](=O)[O-]. The van der Waals surface area contributed by atoms with Crippen LogP contribution in [0.4, 0.5) is 0 Å². The van der Waals surface area contributed by atoms with Gasteiger partial charge in [-0.3, -0.25) is 10.1 Å². The van der Waals surface area contributed by atoms with Gasteiger partial charge in [-0.2, -0.15) is 0 Å². The molecule has 0 saturated heterocycles. The van der Waals surface area contributed by atoms with Gasteiger partial charge in [0.15, 0.2) is 0 Å². The summed E-state index contributed by atoms with van der Waals surface area (Å²) in [5, 5.41) is 11.1. The van der Waals surface area contributed by atoms with Crippen molar-refractivity contribution in [2.45, 2.75) is 58.4 Å². The number of hydrogen-bond donors (Lipinski definition) is 0. The minimum atomic E-state index is -1.11. The van der Waals surface area contributed by atoms with Crippen LogP contribution < -0.4 is 0 Å². The first kappa shape index (κ1) is 14.7. The lowest BCUT2D eigenvalue weighted by Gasteiger charge is -2.23. The predicted molar refractivity (Wildman–Crippen MR) is 59.8 cm³/mol. The van der Waals surface area contributed by atoms with E-state index < -0.39 is 5.54 Å². The van der Waals surface area contributed by atoms with E-state index >= 15 is 0 Å². The van der Waals surface area contributed by atoms with Crippen molar-refractivity contribution in [3.63, 3.8) is 0 Å². The van der Waals surface area contributed by atoms with Crippen molar-refractivity contribution in [2.24, 2.45) is 0 Å². The van der Waals surface area contributed by atoms with Crippen LogP contribution in [0.5, 0.6) is 0 Å². The first-order valence-corrected chi connectivity index (χ1v) is 5.47. The van der Waals surface area contributed by atoms with Crippen molar-refractivity contribution in [3.8, 4) is 0 Å². The molecule has 5 heteroatoms. The number of Topliss-reactive ketones (excluding diaryl/α,β-unsaturated/α-hetero) is 2. The van der Waals surface area contributed by atoms with Crippen LogP contribution in [-0.4, -0.2) is 22.0 Å². The molecule has 0 fully saturated rings. The van der Waals surface area contributed by atoms with Gasteiger partial charge >= 0.3 is 0 Å².